The van der Waals surface area contributed by atoms with Crippen LogP contribution < -0.4 is 10.1 Å². The number of hydrogen-bond donors (Lipinski definition) is 1. The first-order valence-corrected chi connectivity index (χ1v) is 12.5. The molecular formula is C27H33F3N4O3. The first-order chi connectivity index (χ1) is 17.5. The van der Waals surface area contributed by atoms with Crippen molar-refractivity contribution in [3.63, 3.8) is 0 Å². The third-order valence-electron chi connectivity index (χ3n) is 6.98. The van der Waals surface area contributed by atoms with Gasteiger partial charge in [0, 0.05) is 24.8 Å². The summed E-state index contributed by atoms with van der Waals surface area (Å²) in [4.78, 5) is 16.3. The number of ether oxygens (including phenoxy) is 2. The van der Waals surface area contributed by atoms with Crippen molar-refractivity contribution in [2.75, 3.05) is 25.6 Å². The zero-order valence-corrected chi connectivity index (χ0v) is 21.6. The van der Waals surface area contributed by atoms with Crippen LogP contribution in [0.2, 0.25) is 0 Å². The van der Waals surface area contributed by atoms with E-state index in [2.05, 4.69) is 31.1 Å². The van der Waals surface area contributed by atoms with Crippen molar-refractivity contribution >= 4 is 22.5 Å². The van der Waals surface area contributed by atoms with E-state index >= 15 is 0 Å². The van der Waals surface area contributed by atoms with Crippen LogP contribution in [0.5, 0.6) is 5.75 Å². The molecule has 37 heavy (non-hydrogen) atoms. The molecule has 7 nitrogen and oxygen atoms in total. The summed E-state index contributed by atoms with van der Waals surface area (Å²) in [5.41, 5.74) is -0.154. The van der Waals surface area contributed by atoms with E-state index in [-0.39, 0.29) is 23.8 Å². The summed E-state index contributed by atoms with van der Waals surface area (Å²) in [5.74, 6) is 0.266. The van der Waals surface area contributed by atoms with Gasteiger partial charge in [-0.2, -0.15) is 18.3 Å². The number of halogens is 3. The highest BCUT2D eigenvalue weighted by atomic mass is 19.4. The van der Waals surface area contributed by atoms with Crippen LogP contribution in [0.1, 0.15) is 68.7 Å². The van der Waals surface area contributed by atoms with Gasteiger partial charge in [0.05, 0.1) is 23.9 Å². The van der Waals surface area contributed by atoms with Crippen LogP contribution in [-0.2, 0) is 10.9 Å². The number of benzene rings is 1. The van der Waals surface area contributed by atoms with Gasteiger partial charge in [-0.05, 0) is 55.2 Å². The molecule has 0 unspecified atom stereocenters. The largest absolute Gasteiger partial charge is 0.489 e. The Bertz CT molecular complexity index is 1240. The molecule has 1 saturated carbocycles. The number of alkyl halides is 3. The standard InChI is InChI=1S/C27H33F3N4O3/c1-26(2,3)18-8-10-19(11-9-18)34-16-17-14-22(23(15-21(17)33-34)37-13-12-36-4)32-25(35)20-6-5-7-24(31-20)27(28,29)30/h5-7,14-16,18-19H,8-13H2,1-4H3,(H,32,35). The molecule has 4 rings (SSSR count). The summed E-state index contributed by atoms with van der Waals surface area (Å²) in [6, 6.07) is 6.97. The summed E-state index contributed by atoms with van der Waals surface area (Å²) < 4.78 is 52.1. The van der Waals surface area contributed by atoms with Gasteiger partial charge in [0.15, 0.2) is 0 Å². The Morgan fingerprint density at radius 1 is 1.11 bits per heavy atom. The number of nitrogens with one attached hydrogen (secondary N) is 1. The van der Waals surface area contributed by atoms with E-state index in [4.69, 9.17) is 14.6 Å². The highest BCUT2D eigenvalue weighted by Gasteiger charge is 2.33. The number of rotatable bonds is 7. The Kier molecular flexibility index (Phi) is 7.77. The lowest BCUT2D eigenvalue weighted by atomic mass is 9.71. The molecule has 1 aromatic carbocycles. The van der Waals surface area contributed by atoms with Gasteiger partial charge in [0.2, 0.25) is 0 Å². The zero-order chi connectivity index (χ0) is 26.8. The molecule has 1 aliphatic rings. The highest BCUT2D eigenvalue weighted by Crippen LogP contribution is 2.42. The summed E-state index contributed by atoms with van der Waals surface area (Å²) in [7, 11) is 1.55. The predicted octanol–water partition coefficient (Wildman–Crippen LogP) is 6.51. The van der Waals surface area contributed by atoms with Crippen LogP contribution in [0.25, 0.3) is 10.9 Å². The number of anilines is 1. The molecule has 1 amide bonds. The fourth-order valence-electron chi connectivity index (χ4n) is 4.82. The maximum Gasteiger partial charge on any atom is 0.433 e. The number of aromatic nitrogens is 3. The molecular weight excluding hydrogens is 485 g/mol. The van der Waals surface area contributed by atoms with Gasteiger partial charge in [0.1, 0.15) is 23.7 Å². The number of pyridine rings is 1. The summed E-state index contributed by atoms with van der Waals surface area (Å²) in [5, 5.41) is 8.24. The zero-order valence-electron chi connectivity index (χ0n) is 21.6. The Morgan fingerprint density at radius 2 is 1.84 bits per heavy atom. The molecule has 0 saturated heterocycles. The second-order valence-electron chi connectivity index (χ2n) is 10.6. The lowest BCUT2D eigenvalue weighted by Crippen LogP contribution is -2.27. The van der Waals surface area contributed by atoms with Crippen molar-refractivity contribution < 1.29 is 27.4 Å². The summed E-state index contributed by atoms with van der Waals surface area (Å²) in [6.45, 7) is 7.42. The van der Waals surface area contributed by atoms with Crippen molar-refractivity contribution in [2.45, 2.75) is 58.7 Å². The molecule has 0 atom stereocenters. The number of hydrogen-bond acceptors (Lipinski definition) is 5. The Balaban J connectivity index is 1.59. The molecule has 2 heterocycles. The SMILES string of the molecule is COCCOc1cc2nn(C3CCC(C(C)(C)C)CC3)cc2cc1NC(=O)c1cccc(C(F)(F)F)n1. The Morgan fingerprint density at radius 3 is 2.49 bits per heavy atom. The molecule has 1 fully saturated rings. The molecule has 2 aromatic heterocycles. The minimum Gasteiger partial charge on any atom is -0.489 e. The maximum absolute atomic E-state index is 13.1. The second-order valence-corrected chi connectivity index (χ2v) is 10.6. The second kappa shape index (κ2) is 10.7. The topological polar surface area (TPSA) is 78.3 Å². The monoisotopic (exact) mass is 518 g/mol. The smallest absolute Gasteiger partial charge is 0.433 e. The van der Waals surface area contributed by atoms with E-state index in [9.17, 15) is 18.0 Å². The maximum atomic E-state index is 13.1. The van der Waals surface area contributed by atoms with Gasteiger partial charge in [0.25, 0.3) is 5.91 Å². The average molecular weight is 519 g/mol. The van der Waals surface area contributed by atoms with E-state index in [0.717, 1.165) is 43.2 Å². The van der Waals surface area contributed by atoms with E-state index in [1.807, 2.05) is 10.9 Å². The van der Waals surface area contributed by atoms with Crippen LogP contribution in [0.15, 0.2) is 36.5 Å². The fraction of sp³-hybridized carbons (Fsp3) is 0.519. The van der Waals surface area contributed by atoms with Gasteiger partial charge in [-0.25, -0.2) is 4.98 Å². The first kappa shape index (κ1) is 26.9. The fourth-order valence-corrected chi connectivity index (χ4v) is 4.82. The van der Waals surface area contributed by atoms with Crippen LogP contribution in [0, 0.1) is 11.3 Å². The van der Waals surface area contributed by atoms with Gasteiger partial charge in [-0.15, -0.1) is 0 Å². The molecule has 0 aliphatic heterocycles. The number of amides is 1. The number of methoxy groups -OCH3 is 1. The van der Waals surface area contributed by atoms with E-state index in [1.54, 1.807) is 19.2 Å². The number of nitrogens with zero attached hydrogens (tertiary/aromatic N) is 3. The molecule has 0 spiro atoms. The van der Waals surface area contributed by atoms with Crippen LogP contribution in [0.4, 0.5) is 18.9 Å². The van der Waals surface area contributed by atoms with Crippen LogP contribution in [-0.4, -0.2) is 41.0 Å². The highest BCUT2D eigenvalue weighted by molar-refractivity contribution is 6.05. The Hall–Kier alpha value is -3.14. The van der Waals surface area contributed by atoms with Crippen molar-refractivity contribution in [1.82, 2.24) is 14.8 Å². The van der Waals surface area contributed by atoms with Gasteiger partial charge >= 0.3 is 6.18 Å². The van der Waals surface area contributed by atoms with Gasteiger partial charge in [-0.1, -0.05) is 26.8 Å². The molecule has 3 aromatic rings. The van der Waals surface area contributed by atoms with Crippen LogP contribution >= 0.6 is 0 Å². The predicted molar refractivity (Wildman–Crippen MR) is 135 cm³/mol. The molecule has 0 bridgehead atoms. The molecule has 1 N–H and O–H groups in total. The minimum absolute atomic E-state index is 0.226. The molecule has 200 valence electrons. The van der Waals surface area contributed by atoms with Crippen molar-refractivity contribution in [3.05, 3.63) is 47.9 Å². The first-order valence-electron chi connectivity index (χ1n) is 12.5. The van der Waals surface area contributed by atoms with Crippen molar-refractivity contribution in [1.29, 1.82) is 0 Å². The van der Waals surface area contributed by atoms with Gasteiger partial charge in [-0.3, -0.25) is 9.48 Å². The van der Waals surface area contributed by atoms with Gasteiger partial charge < -0.3 is 14.8 Å². The quantitative estimate of drug-likeness (QED) is 0.361. The summed E-state index contributed by atoms with van der Waals surface area (Å²) in [6.07, 6.45) is 1.66. The lowest BCUT2D eigenvalue weighted by molar-refractivity contribution is -0.141. The third-order valence-corrected chi connectivity index (χ3v) is 6.98. The minimum atomic E-state index is -4.65. The van der Waals surface area contributed by atoms with E-state index in [1.165, 1.54) is 6.07 Å². The Labute approximate surface area is 214 Å². The number of carbonyl (C=O) groups is 1. The molecule has 0 radical (unpaired) electrons. The van der Waals surface area contributed by atoms with E-state index < -0.39 is 17.8 Å². The number of fused-ring (bicyclic) bond motifs is 1. The normalized spacial score (nSPS) is 18.7. The number of carbonyl (C=O) groups excluding carboxylic acids is 1. The molecule has 1 aliphatic carbocycles. The summed E-state index contributed by atoms with van der Waals surface area (Å²) >= 11 is 0. The lowest BCUT2D eigenvalue weighted by Gasteiger charge is -2.37. The molecule has 10 heteroatoms. The third kappa shape index (κ3) is 6.41. The van der Waals surface area contributed by atoms with Crippen molar-refractivity contribution in [3.8, 4) is 5.75 Å². The van der Waals surface area contributed by atoms with E-state index in [0.29, 0.717) is 29.5 Å². The van der Waals surface area contributed by atoms with Crippen molar-refractivity contribution in [2.24, 2.45) is 11.3 Å². The van der Waals surface area contributed by atoms with Crippen LogP contribution in [0.3, 0.4) is 0 Å². The average Bonchev–Trinajstić information content (AvgIpc) is 3.26.